The minimum absolute atomic E-state index is 0.0260. The smallest absolute Gasteiger partial charge is 0.274 e. The van der Waals surface area contributed by atoms with Crippen molar-refractivity contribution in [2.24, 2.45) is 0 Å². The van der Waals surface area contributed by atoms with E-state index in [0.29, 0.717) is 17.3 Å². The highest BCUT2D eigenvalue weighted by molar-refractivity contribution is 5.93. The highest BCUT2D eigenvalue weighted by Crippen LogP contribution is 2.22. The average molecular weight is 381 g/mol. The van der Waals surface area contributed by atoms with Gasteiger partial charge in [-0.25, -0.2) is 0 Å². The maximum Gasteiger partial charge on any atom is 0.274 e. The number of carbonyl (C=O) groups excluding carboxylic acids is 1. The van der Waals surface area contributed by atoms with Crippen LogP contribution in [-0.4, -0.2) is 37.3 Å². The predicted molar refractivity (Wildman–Crippen MR) is 105 cm³/mol. The van der Waals surface area contributed by atoms with Crippen molar-refractivity contribution in [1.82, 2.24) is 15.5 Å². The Morgan fingerprint density at radius 3 is 2.43 bits per heavy atom. The van der Waals surface area contributed by atoms with Gasteiger partial charge < -0.3 is 19.4 Å². The molecule has 28 heavy (non-hydrogen) atoms. The lowest BCUT2D eigenvalue weighted by molar-refractivity contribution is -0.925. The van der Waals surface area contributed by atoms with E-state index in [-0.39, 0.29) is 11.9 Å². The molecule has 1 unspecified atom stereocenters. The summed E-state index contributed by atoms with van der Waals surface area (Å²) in [4.78, 5) is 12.9. The van der Waals surface area contributed by atoms with Gasteiger partial charge in [-0.3, -0.25) is 4.79 Å². The van der Waals surface area contributed by atoms with Gasteiger partial charge in [0.05, 0.1) is 14.2 Å². The fourth-order valence-electron chi connectivity index (χ4n) is 2.86. The number of carbonyl (C=O) groups is 1. The Morgan fingerprint density at radius 2 is 1.82 bits per heavy atom. The van der Waals surface area contributed by atoms with Crippen molar-refractivity contribution in [2.45, 2.75) is 19.5 Å². The molecule has 0 aliphatic rings. The molecule has 0 bridgehead atoms. The molecule has 3 aromatic rings. The summed E-state index contributed by atoms with van der Waals surface area (Å²) in [7, 11) is 5.33. The minimum Gasteiger partial charge on any atom is -0.497 e. The number of hydrogen-bond donors (Lipinski definition) is 2. The molecule has 2 N–H and O–H groups in total. The molecule has 1 heterocycles. The lowest BCUT2D eigenvalue weighted by atomic mass is 10.1. The number of benzene rings is 2. The summed E-state index contributed by atoms with van der Waals surface area (Å²) in [5, 5.41) is 11.0. The average Bonchev–Trinajstić information content (AvgIpc) is 3.23. The van der Waals surface area contributed by atoms with Crippen LogP contribution in [0.5, 0.6) is 5.75 Å². The van der Waals surface area contributed by atoms with Crippen LogP contribution in [-0.2, 0) is 6.54 Å². The fourth-order valence-corrected chi connectivity index (χ4v) is 2.86. The monoisotopic (exact) mass is 381 g/mol. The van der Waals surface area contributed by atoms with Crippen molar-refractivity contribution >= 4 is 5.91 Å². The third-order valence-corrected chi connectivity index (χ3v) is 4.81. The molecule has 2 atom stereocenters. The van der Waals surface area contributed by atoms with E-state index < -0.39 is 0 Å². The zero-order chi connectivity index (χ0) is 20.1. The molecule has 1 aromatic heterocycles. The van der Waals surface area contributed by atoms with Crippen LogP contribution in [0.4, 0.5) is 0 Å². The molecule has 0 radical (unpaired) electrons. The Bertz CT molecular complexity index is 920. The number of aromatic nitrogens is 2. The third kappa shape index (κ3) is 4.37. The Balaban J connectivity index is 1.67. The van der Waals surface area contributed by atoms with Crippen LogP contribution in [0.1, 0.15) is 34.8 Å². The number of hydrogen-bond acceptors (Lipinski definition) is 5. The van der Waals surface area contributed by atoms with E-state index in [1.54, 1.807) is 14.2 Å². The molecule has 1 amide bonds. The first kappa shape index (κ1) is 19.6. The second-order valence-corrected chi connectivity index (χ2v) is 6.69. The summed E-state index contributed by atoms with van der Waals surface area (Å²) in [5.41, 5.74) is 2.64. The highest BCUT2D eigenvalue weighted by Gasteiger charge is 2.22. The van der Waals surface area contributed by atoms with Crippen molar-refractivity contribution < 1.29 is 18.8 Å². The van der Waals surface area contributed by atoms with E-state index in [1.165, 1.54) is 4.90 Å². The summed E-state index contributed by atoms with van der Waals surface area (Å²) < 4.78 is 11.1. The van der Waals surface area contributed by atoms with Crippen LogP contribution in [0, 0.1) is 0 Å². The van der Waals surface area contributed by atoms with Crippen molar-refractivity contribution in [2.75, 3.05) is 21.2 Å². The zero-order valence-corrected chi connectivity index (χ0v) is 16.5. The maximum absolute atomic E-state index is 11.6. The molecule has 2 aromatic carbocycles. The summed E-state index contributed by atoms with van der Waals surface area (Å²) in [6.45, 7) is 2.83. The second-order valence-electron chi connectivity index (χ2n) is 6.69. The molecule has 7 heteroatoms. The topological polar surface area (TPSA) is 81.7 Å². The number of ether oxygens (including phenoxy) is 1. The minimum atomic E-state index is -0.0856. The summed E-state index contributed by atoms with van der Waals surface area (Å²) in [6, 6.07) is 15.1. The first-order valence-corrected chi connectivity index (χ1v) is 9.13. The maximum atomic E-state index is 11.6. The van der Waals surface area contributed by atoms with Gasteiger partial charge in [-0.2, -0.15) is 0 Å². The Morgan fingerprint density at radius 1 is 1.14 bits per heavy atom. The third-order valence-electron chi connectivity index (χ3n) is 4.81. The summed E-state index contributed by atoms with van der Waals surface area (Å²) in [5.74, 6) is 1.78. The first-order valence-electron chi connectivity index (χ1n) is 9.13. The number of nitrogens with one attached hydrogen (secondary N) is 2. The lowest BCUT2D eigenvalue weighted by Crippen LogP contribution is -3.07. The Hall–Kier alpha value is -3.19. The summed E-state index contributed by atoms with van der Waals surface area (Å²) in [6.07, 6.45) is 0. The van der Waals surface area contributed by atoms with Crippen molar-refractivity contribution in [3.8, 4) is 17.2 Å². The molecule has 7 nitrogen and oxygen atoms in total. The number of quaternary nitrogens is 1. The van der Waals surface area contributed by atoms with Crippen LogP contribution in [0.2, 0.25) is 0 Å². The molecule has 0 fully saturated rings. The van der Waals surface area contributed by atoms with E-state index in [0.717, 1.165) is 23.4 Å². The summed E-state index contributed by atoms with van der Waals surface area (Å²) >= 11 is 0. The Labute approximate surface area is 164 Å². The van der Waals surface area contributed by atoms with E-state index >= 15 is 0 Å². The molecular weight excluding hydrogens is 356 g/mol. The van der Waals surface area contributed by atoms with Crippen LogP contribution in [0.3, 0.4) is 0 Å². The lowest BCUT2D eigenvalue weighted by Gasteiger charge is -2.19. The van der Waals surface area contributed by atoms with Gasteiger partial charge in [0.1, 0.15) is 12.3 Å². The van der Waals surface area contributed by atoms with Gasteiger partial charge >= 0.3 is 0 Å². The number of rotatable bonds is 7. The molecule has 0 saturated carbocycles. The van der Waals surface area contributed by atoms with Crippen LogP contribution in [0.15, 0.2) is 52.9 Å². The Kier molecular flexibility index (Phi) is 6.06. The molecule has 3 rings (SSSR count). The first-order chi connectivity index (χ1) is 13.5. The van der Waals surface area contributed by atoms with Gasteiger partial charge in [-0.15, -0.1) is 10.2 Å². The predicted octanol–water partition coefficient (Wildman–Crippen LogP) is 1.88. The van der Waals surface area contributed by atoms with Crippen LogP contribution in [0.25, 0.3) is 11.5 Å². The molecule has 146 valence electrons. The quantitative estimate of drug-likeness (QED) is 0.653. The van der Waals surface area contributed by atoms with E-state index in [1.807, 2.05) is 48.5 Å². The van der Waals surface area contributed by atoms with Crippen molar-refractivity contribution in [1.29, 1.82) is 0 Å². The number of nitrogens with zero attached hydrogens (tertiary/aromatic N) is 2. The van der Waals surface area contributed by atoms with Crippen LogP contribution >= 0.6 is 0 Å². The molecule has 0 spiro atoms. The molecule has 0 aliphatic carbocycles. The highest BCUT2D eigenvalue weighted by atomic mass is 16.5. The standard InChI is InChI=1S/C21H24N4O3/c1-14(25(3)13-15-5-7-16(8-6-15)19(26)22-2)20-23-24-21(28-20)17-9-11-18(27-4)12-10-17/h5-12,14H,13H2,1-4H3,(H,22,26)/p+1/t14-/m0/s1. The van der Waals surface area contributed by atoms with Gasteiger partial charge in [0.15, 0.2) is 6.04 Å². The molecule has 0 saturated heterocycles. The normalized spacial score (nSPS) is 13.0. The number of methoxy groups -OCH3 is 1. The van der Waals surface area contributed by atoms with Gasteiger partial charge in [-0.05, 0) is 43.3 Å². The zero-order valence-electron chi connectivity index (χ0n) is 16.5. The van der Waals surface area contributed by atoms with Crippen molar-refractivity contribution in [3.05, 3.63) is 65.5 Å². The van der Waals surface area contributed by atoms with E-state index in [4.69, 9.17) is 9.15 Å². The van der Waals surface area contributed by atoms with Gasteiger partial charge in [-0.1, -0.05) is 12.1 Å². The fraction of sp³-hybridized carbons (Fsp3) is 0.286. The van der Waals surface area contributed by atoms with E-state index in [2.05, 4.69) is 29.5 Å². The molecule has 0 aliphatic heterocycles. The van der Waals surface area contributed by atoms with Crippen molar-refractivity contribution in [3.63, 3.8) is 0 Å². The van der Waals surface area contributed by atoms with Gasteiger partial charge in [0.25, 0.3) is 11.8 Å². The largest absolute Gasteiger partial charge is 0.497 e. The molecular formula is C21H25N4O3+. The van der Waals surface area contributed by atoms with Gasteiger partial charge in [0.2, 0.25) is 5.89 Å². The number of amides is 1. The van der Waals surface area contributed by atoms with Crippen LogP contribution < -0.4 is 15.0 Å². The second kappa shape index (κ2) is 8.67. The van der Waals surface area contributed by atoms with E-state index in [9.17, 15) is 4.79 Å². The van der Waals surface area contributed by atoms with Gasteiger partial charge in [0, 0.05) is 23.7 Å². The SMILES string of the molecule is CNC(=O)c1ccc(C[NH+](C)[C@@H](C)c2nnc(-c3ccc(OC)cc3)o2)cc1.